The van der Waals surface area contributed by atoms with Gasteiger partial charge in [-0.25, -0.2) is 0 Å². The van der Waals surface area contributed by atoms with Gasteiger partial charge in [-0.3, -0.25) is 4.79 Å². The van der Waals surface area contributed by atoms with E-state index < -0.39 is 0 Å². The third-order valence-electron chi connectivity index (χ3n) is 4.47. The highest BCUT2D eigenvalue weighted by Gasteiger charge is 2.24. The molecule has 0 saturated carbocycles. The van der Waals surface area contributed by atoms with Gasteiger partial charge < -0.3 is 10.2 Å². The van der Waals surface area contributed by atoms with Gasteiger partial charge in [0.2, 0.25) is 0 Å². The third-order valence-corrected chi connectivity index (χ3v) is 4.47. The van der Waals surface area contributed by atoms with Crippen LogP contribution in [-0.2, 0) is 26.1 Å². The highest BCUT2D eigenvalue weighted by Crippen LogP contribution is 2.25. The molecule has 0 unspecified atom stereocenters. The number of benzene rings is 2. The minimum absolute atomic E-state index is 0.138. The Hall–Kier alpha value is -2.13. The fourth-order valence-corrected chi connectivity index (χ4v) is 3.27. The second kappa shape index (κ2) is 5.01. The van der Waals surface area contributed by atoms with E-state index in [4.69, 9.17) is 0 Å². The molecule has 0 aliphatic carbocycles. The van der Waals surface area contributed by atoms with Crippen molar-refractivity contribution in [3.8, 4) is 0 Å². The molecule has 0 bridgehead atoms. The van der Waals surface area contributed by atoms with Crippen LogP contribution in [0.5, 0.6) is 0 Å². The van der Waals surface area contributed by atoms with Crippen LogP contribution in [0.25, 0.3) is 0 Å². The molecule has 3 heteroatoms. The van der Waals surface area contributed by atoms with E-state index in [2.05, 4.69) is 29.6 Å². The molecule has 0 fully saturated rings. The molecule has 2 aliphatic rings. The monoisotopic (exact) mass is 278 g/mol. The molecule has 2 aromatic rings. The molecule has 2 heterocycles. The van der Waals surface area contributed by atoms with Crippen LogP contribution >= 0.6 is 0 Å². The van der Waals surface area contributed by atoms with E-state index in [9.17, 15) is 4.79 Å². The molecule has 2 aromatic carbocycles. The minimum Gasteiger partial charge on any atom is -0.330 e. The zero-order chi connectivity index (χ0) is 14.2. The van der Waals surface area contributed by atoms with Gasteiger partial charge in [0.25, 0.3) is 5.91 Å². The lowest BCUT2D eigenvalue weighted by atomic mass is 9.98. The van der Waals surface area contributed by atoms with E-state index in [-0.39, 0.29) is 5.91 Å². The van der Waals surface area contributed by atoms with Gasteiger partial charge in [-0.15, -0.1) is 0 Å². The van der Waals surface area contributed by atoms with Gasteiger partial charge in [0.1, 0.15) is 0 Å². The van der Waals surface area contributed by atoms with Crippen LogP contribution in [0.2, 0.25) is 0 Å². The maximum absolute atomic E-state index is 12.7. The van der Waals surface area contributed by atoms with Gasteiger partial charge in [-0.2, -0.15) is 0 Å². The first-order valence-corrected chi connectivity index (χ1v) is 7.50. The summed E-state index contributed by atoms with van der Waals surface area (Å²) in [6, 6.07) is 14.5. The summed E-state index contributed by atoms with van der Waals surface area (Å²) in [7, 11) is 0. The number of fused-ring (bicyclic) bond motifs is 2. The fraction of sp³-hybridized carbons (Fsp3) is 0.278. The van der Waals surface area contributed by atoms with Crippen LogP contribution < -0.4 is 5.32 Å². The molecular formula is C18H18N2O. The average molecular weight is 278 g/mol. The van der Waals surface area contributed by atoms with Crippen LogP contribution in [0, 0.1) is 0 Å². The van der Waals surface area contributed by atoms with Gasteiger partial charge in [0.15, 0.2) is 0 Å². The Labute approximate surface area is 124 Å². The second-order valence-electron chi connectivity index (χ2n) is 5.84. The Morgan fingerprint density at radius 1 is 0.952 bits per heavy atom. The highest BCUT2D eigenvalue weighted by atomic mass is 16.2. The lowest BCUT2D eigenvalue weighted by molar-refractivity contribution is 0.0751. The summed E-state index contributed by atoms with van der Waals surface area (Å²) in [5.41, 5.74) is 5.99. The second-order valence-corrected chi connectivity index (χ2v) is 5.84. The van der Waals surface area contributed by atoms with Crippen molar-refractivity contribution in [3.05, 3.63) is 70.3 Å². The maximum Gasteiger partial charge on any atom is 0.254 e. The van der Waals surface area contributed by atoms with Crippen molar-refractivity contribution in [2.45, 2.75) is 26.1 Å². The minimum atomic E-state index is 0.138. The first kappa shape index (κ1) is 12.6. The number of rotatable bonds is 1. The van der Waals surface area contributed by atoms with Gasteiger partial charge in [0, 0.05) is 25.2 Å². The van der Waals surface area contributed by atoms with Crippen LogP contribution in [0.15, 0.2) is 42.5 Å². The third kappa shape index (κ3) is 2.24. The van der Waals surface area contributed by atoms with E-state index in [0.717, 1.165) is 38.2 Å². The van der Waals surface area contributed by atoms with Crippen molar-refractivity contribution in [3.63, 3.8) is 0 Å². The molecule has 0 atom stereocenters. The van der Waals surface area contributed by atoms with Gasteiger partial charge in [-0.1, -0.05) is 30.3 Å². The van der Waals surface area contributed by atoms with Crippen LogP contribution in [0.1, 0.15) is 32.6 Å². The predicted molar refractivity (Wildman–Crippen MR) is 81.9 cm³/mol. The number of amides is 1. The fourth-order valence-electron chi connectivity index (χ4n) is 3.27. The summed E-state index contributed by atoms with van der Waals surface area (Å²) in [6.07, 6.45) is 1.05. The number of hydrogen-bond donors (Lipinski definition) is 1. The first-order chi connectivity index (χ1) is 10.3. The van der Waals surface area contributed by atoms with Crippen molar-refractivity contribution in [1.29, 1.82) is 0 Å². The molecule has 4 rings (SSSR count). The van der Waals surface area contributed by atoms with Crippen molar-refractivity contribution in [2.75, 3.05) is 6.54 Å². The summed E-state index contributed by atoms with van der Waals surface area (Å²) < 4.78 is 0. The molecule has 106 valence electrons. The van der Waals surface area contributed by atoms with Crippen molar-refractivity contribution in [2.24, 2.45) is 0 Å². The summed E-state index contributed by atoms with van der Waals surface area (Å²) in [5.74, 6) is 0.138. The maximum atomic E-state index is 12.7. The molecule has 2 aliphatic heterocycles. The topological polar surface area (TPSA) is 32.3 Å². The standard InChI is InChI=1S/C18H18N2O/c21-18(20-11-15-3-1-2-4-16(15)12-20)14-6-5-13-7-8-19-10-17(13)9-14/h1-6,9,19H,7-8,10-12H2. The SMILES string of the molecule is O=C(c1ccc2c(c1)CNCC2)N1Cc2ccccc2C1. The Morgan fingerprint density at radius 2 is 1.71 bits per heavy atom. The Bertz CT molecular complexity index is 683. The van der Waals surface area contributed by atoms with E-state index in [1.807, 2.05) is 23.1 Å². The molecular weight excluding hydrogens is 260 g/mol. The summed E-state index contributed by atoms with van der Waals surface area (Å²) >= 11 is 0. The smallest absolute Gasteiger partial charge is 0.254 e. The van der Waals surface area contributed by atoms with Gasteiger partial charge >= 0.3 is 0 Å². The van der Waals surface area contributed by atoms with Gasteiger partial charge in [-0.05, 0) is 47.4 Å². The largest absolute Gasteiger partial charge is 0.330 e. The number of nitrogens with zero attached hydrogens (tertiary/aromatic N) is 1. The Morgan fingerprint density at radius 3 is 2.48 bits per heavy atom. The Balaban J connectivity index is 1.59. The zero-order valence-corrected chi connectivity index (χ0v) is 11.9. The molecule has 1 amide bonds. The van der Waals surface area contributed by atoms with Crippen molar-refractivity contribution >= 4 is 5.91 Å². The lowest BCUT2D eigenvalue weighted by Gasteiger charge is -2.20. The lowest BCUT2D eigenvalue weighted by Crippen LogP contribution is -2.27. The summed E-state index contributed by atoms with van der Waals surface area (Å²) in [5, 5.41) is 3.37. The predicted octanol–water partition coefficient (Wildman–Crippen LogP) is 2.49. The molecule has 0 saturated heterocycles. The molecule has 1 N–H and O–H groups in total. The molecule has 3 nitrogen and oxygen atoms in total. The molecule has 0 radical (unpaired) electrons. The zero-order valence-electron chi connectivity index (χ0n) is 11.9. The molecule has 0 spiro atoms. The van der Waals surface area contributed by atoms with E-state index in [1.54, 1.807) is 0 Å². The van der Waals surface area contributed by atoms with Crippen LogP contribution in [-0.4, -0.2) is 17.4 Å². The van der Waals surface area contributed by atoms with Crippen molar-refractivity contribution in [1.82, 2.24) is 10.2 Å². The Kier molecular flexibility index (Phi) is 3.00. The number of carbonyl (C=O) groups excluding carboxylic acids is 1. The summed E-state index contributed by atoms with van der Waals surface area (Å²) in [4.78, 5) is 14.6. The quantitative estimate of drug-likeness (QED) is 0.869. The molecule has 0 aromatic heterocycles. The van der Waals surface area contributed by atoms with E-state index in [0.29, 0.717) is 0 Å². The normalized spacial score (nSPS) is 16.5. The first-order valence-electron chi connectivity index (χ1n) is 7.50. The van der Waals surface area contributed by atoms with E-state index in [1.165, 1.54) is 22.3 Å². The molecule has 21 heavy (non-hydrogen) atoms. The van der Waals surface area contributed by atoms with Crippen LogP contribution in [0.3, 0.4) is 0 Å². The number of carbonyl (C=O) groups is 1. The van der Waals surface area contributed by atoms with Crippen molar-refractivity contribution < 1.29 is 4.79 Å². The number of nitrogens with one attached hydrogen (secondary N) is 1. The van der Waals surface area contributed by atoms with Crippen LogP contribution in [0.4, 0.5) is 0 Å². The average Bonchev–Trinajstić information content (AvgIpc) is 2.97. The number of hydrogen-bond acceptors (Lipinski definition) is 2. The van der Waals surface area contributed by atoms with Gasteiger partial charge in [0.05, 0.1) is 0 Å². The van der Waals surface area contributed by atoms with E-state index >= 15 is 0 Å². The summed E-state index contributed by atoms with van der Waals surface area (Å²) in [6.45, 7) is 3.35. The highest BCUT2D eigenvalue weighted by molar-refractivity contribution is 5.94.